The number of esters is 2. The Morgan fingerprint density at radius 3 is 1.57 bits per heavy atom. The zero-order valence-corrected chi connectivity index (χ0v) is 20.5. The van der Waals surface area contributed by atoms with Gasteiger partial charge in [0, 0.05) is 5.02 Å². The van der Waals surface area contributed by atoms with E-state index in [2.05, 4.69) is 27.7 Å². The Labute approximate surface area is 187 Å². The molecule has 0 fully saturated rings. The number of halogens is 1. The molecule has 170 valence electrons. The zero-order valence-electron chi connectivity index (χ0n) is 19.7. The SMILES string of the molecule is CCC(CCC(C)C)OC(=O)c1cc(C)c(Cl)cc1C(=O)OC(CC)CCC(C)C. The molecule has 0 spiro atoms. The van der Waals surface area contributed by atoms with Crippen molar-refractivity contribution >= 4 is 23.5 Å². The minimum absolute atomic E-state index is 0.172. The van der Waals surface area contributed by atoms with E-state index in [1.807, 2.05) is 20.8 Å². The fourth-order valence-electron chi connectivity index (χ4n) is 3.18. The summed E-state index contributed by atoms with van der Waals surface area (Å²) in [6, 6.07) is 3.16. The number of carbonyl (C=O) groups excluding carboxylic acids is 2. The van der Waals surface area contributed by atoms with Gasteiger partial charge in [-0.3, -0.25) is 0 Å². The van der Waals surface area contributed by atoms with Gasteiger partial charge in [-0.1, -0.05) is 53.1 Å². The highest BCUT2D eigenvalue weighted by Crippen LogP contribution is 2.25. The lowest BCUT2D eigenvalue weighted by Gasteiger charge is -2.20. The summed E-state index contributed by atoms with van der Waals surface area (Å²) >= 11 is 6.27. The summed E-state index contributed by atoms with van der Waals surface area (Å²) in [7, 11) is 0. The van der Waals surface area contributed by atoms with Crippen molar-refractivity contribution < 1.29 is 19.1 Å². The molecule has 1 aromatic rings. The molecule has 0 aliphatic rings. The van der Waals surface area contributed by atoms with E-state index in [0.717, 1.165) is 44.1 Å². The smallest absolute Gasteiger partial charge is 0.339 e. The van der Waals surface area contributed by atoms with Crippen molar-refractivity contribution in [2.75, 3.05) is 0 Å². The summed E-state index contributed by atoms with van der Waals surface area (Å²) in [4.78, 5) is 25.9. The molecular weight excluding hydrogens is 400 g/mol. The molecule has 0 N–H and O–H groups in total. The Kier molecular flexibility index (Phi) is 11.5. The van der Waals surface area contributed by atoms with Crippen LogP contribution in [0.1, 0.15) is 106 Å². The van der Waals surface area contributed by atoms with Crippen LogP contribution >= 0.6 is 11.6 Å². The number of rotatable bonds is 12. The van der Waals surface area contributed by atoms with Gasteiger partial charge in [0.2, 0.25) is 0 Å². The van der Waals surface area contributed by atoms with E-state index in [0.29, 0.717) is 16.9 Å². The Bertz CT molecular complexity index is 638. The van der Waals surface area contributed by atoms with E-state index in [1.165, 1.54) is 6.07 Å². The van der Waals surface area contributed by atoms with Crippen LogP contribution in [0, 0.1) is 18.8 Å². The fourth-order valence-corrected chi connectivity index (χ4v) is 3.34. The first-order valence-electron chi connectivity index (χ1n) is 11.3. The van der Waals surface area contributed by atoms with E-state index in [9.17, 15) is 9.59 Å². The van der Waals surface area contributed by atoms with Crippen LogP contribution in [0.15, 0.2) is 12.1 Å². The maximum atomic E-state index is 12.9. The van der Waals surface area contributed by atoms with Gasteiger partial charge in [0.1, 0.15) is 12.2 Å². The van der Waals surface area contributed by atoms with Gasteiger partial charge in [0.05, 0.1) is 11.1 Å². The molecule has 0 aliphatic carbocycles. The molecular formula is C25H39ClO4. The van der Waals surface area contributed by atoms with Crippen molar-refractivity contribution in [1.82, 2.24) is 0 Å². The van der Waals surface area contributed by atoms with E-state index in [-0.39, 0.29) is 23.3 Å². The number of aryl methyl sites for hydroxylation is 1. The second-order valence-corrected chi connectivity index (χ2v) is 9.37. The molecule has 1 aromatic carbocycles. The molecule has 0 saturated heterocycles. The molecule has 2 atom stereocenters. The average molecular weight is 439 g/mol. The van der Waals surface area contributed by atoms with Crippen LogP contribution in [0.2, 0.25) is 5.02 Å². The Hall–Kier alpha value is -1.55. The first-order valence-corrected chi connectivity index (χ1v) is 11.7. The van der Waals surface area contributed by atoms with Crippen LogP contribution < -0.4 is 0 Å². The molecule has 0 amide bonds. The van der Waals surface area contributed by atoms with Crippen molar-refractivity contribution in [3.8, 4) is 0 Å². The number of carbonyl (C=O) groups is 2. The molecule has 0 saturated carbocycles. The molecule has 0 heterocycles. The molecule has 4 nitrogen and oxygen atoms in total. The number of benzene rings is 1. The quantitative estimate of drug-likeness (QED) is 0.319. The van der Waals surface area contributed by atoms with Crippen LogP contribution in [0.3, 0.4) is 0 Å². The van der Waals surface area contributed by atoms with E-state index >= 15 is 0 Å². The molecule has 1 rings (SSSR count). The monoisotopic (exact) mass is 438 g/mol. The third kappa shape index (κ3) is 8.67. The topological polar surface area (TPSA) is 52.6 Å². The summed E-state index contributed by atoms with van der Waals surface area (Å²) in [5.41, 5.74) is 1.13. The second-order valence-electron chi connectivity index (χ2n) is 8.96. The zero-order chi connectivity index (χ0) is 22.8. The minimum Gasteiger partial charge on any atom is -0.459 e. The number of ether oxygens (including phenoxy) is 2. The van der Waals surface area contributed by atoms with Gasteiger partial charge in [-0.15, -0.1) is 0 Å². The lowest BCUT2D eigenvalue weighted by atomic mass is 10.0. The van der Waals surface area contributed by atoms with Gasteiger partial charge in [-0.25, -0.2) is 9.59 Å². The maximum Gasteiger partial charge on any atom is 0.339 e. The van der Waals surface area contributed by atoms with Crippen molar-refractivity contribution in [1.29, 1.82) is 0 Å². The summed E-state index contributed by atoms with van der Waals surface area (Å²) < 4.78 is 11.5. The van der Waals surface area contributed by atoms with Gasteiger partial charge in [-0.05, 0) is 75.0 Å². The highest BCUT2D eigenvalue weighted by molar-refractivity contribution is 6.32. The van der Waals surface area contributed by atoms with E-state index < -0.39 is 11.9 Å². The molecule has 30 heavy (non-hydrogen) atoms. The standard InChI is InChI=1S/C25H39ClO4/c1-8-19(12-10-16(3)4)29-24(27)21-14-18(7)23(26)15-22(21)25(28)30-20(9-2)13-11-17(5)6/h14-17,19-20H,8-13H2,1-7H3. The van der Waals surface area contributed by atoms with Gasteiger partial charge in [0.25, 0.3) is 0 Å². The molecule has 0 aliphatic heterocycles. The van der Waals surface area contributed by atoms with Gasteiger partial charge in [0.15, 0.2) is 0 Å². The molecule has 2 unspecified atom stereocenters. The van der Waals surface area contributed by atoms with Crippen molar-refractivity contribution in [3.63, 3.8) is 0 Å². The first-order chi connectivity index (χ1) is 14.1. The predicted molar refractivity (Wildman–Crippen MR) is 123 cm³/mol. The van der Waals surface area contributed by atoms with Crippen LogP contribution in [0.4, 0.5) is 0 Å². The highest BCUT2D eigenvalue weighted by Gasteiger charge is 2.25. The summed E-state index contributed by atoms with van der Waals surface area (Å²) in [6.45, 7) is 14.4. The summed E-state index contributed by atoms with van der Waals surface area (Å²) in [6.07, 6.45) is 4.67. The Morgan fingerprint density at radius 1 is 0.800 bits per heavy atom. The third-order valence-corrected chi connectivity index (χ3v) is 5.74. The van der Waals surface area contributed by atoms with Crippen LogP contribution in [0.25, 0.3) is 0 Å². The van der Waals surface area contributed by atoms with Crippen molar-refractivity contribution in [2.24, 2.45) is 11.8 Å². The van der Waals surface area contributed by atoms with E-state index in [4.69, 9.17) is 21.1 Å². The highest BCUT2D eigenvalue weighted by atomic mass is 35.5. The second kappa shape index (κ2) is 13.0. The molecule has 0 bridgehead atoms. The third-order valence-electron chi connectivity index (χ3n) is 5.33. The van der Waals surface area contributed by atoms with Crippen LogP contribution in [-0.4, -0.2) is 24.1 Å². The summed E-state index contributed by atoms with van der Waals surface area (Å²) in [5.74, 6) is 0.0639. The number of hydrogen-bond donors (Lipinski definition) is 0. The molecule has 5 heteroatoms. The van der Waals surface area contributed by atoms with Gasteiger partial charge < -0.3 is 9.47 Å². The van der Waals surface area contributed by atoms with Crippen molar-refractivity contribution in [2.45, 2.75) is 99.2 Å². The first kappa shape index (κ1) is 26.5. The maximum absolute atomic E-state index is 12.9. The van der Waals surface area contributed by atoms with Gasteiger partial charge >= 0.3 is 11.9 Å². The number of hydrogen-bond acceptors (Lipinski definition) is 4. The van der Waals surface area contributed by atoms with E-state index in [1.54, 1.807) is 6.07 Å². The fraction of sp³-hybridized carbons (Fsp3) is 0.680. The Balaban J connectivity index is 3.05. The van der Waals surface area contributed by atoms with Gasteiger partial charge in [-0.2, -0.15) is 0 Å². The Morgan fingerprint density at radius 2 is 1.20 bits per heavy atom. The largest absolute Gasteiger partial charge is 0.459 e. The lowest BCUT2D eigenvalue weighted by molar-refractivity contribution is 0.0213. The molecule has 0 aromatic heterocycles. The summed E-state index contributed by atoms with van der Waals surface area (Å²) in [5, 5.41) is 0.431. The minimum atomic E-state index is -0.519. The molecule has 0 radical (unpaired) electrons. The lowest BCUT2D eigenvalue weighted by Crippen LogP contribution is -2.23. The average Bonchev–Trinajstić information content (AvgIpc) is 2.69. The van der Waals surface area contributed by atoms with Crippen molar-refractivity contribution in [3.05, 3.63) is 33.8 Å². The predicted octanol–water partition coefficient (Wildman–Crippen LogP) is 7.39. The van der Waals surface area contributed by atoms with Crippen LogP contribution in [-0.2, 0) is 9.47 Å². The van der Waals surface area contributed by atoms with Crippen LogP contribution in [0.5, 0.6) is 0 Å². The normalized spacial score (nSPS) is 13.4.